The number of halogens is 1. The average Bonchev–Trinajstić information content (AvgIpc) is 3.36. The zero-order chi connectivity index (χ0) is 25.3. The topological polar surface area (TPSA) is 89.4 Å². The van der Waals surface area contributed by atoms with Crippen molar-refractivity contribution in [1.29, 1.82) is 0 Å². The van der Waals surface area contributed by atoms with Crippen LogP contribution in [0.15, 0.2) is 41.5 Å². The minimum atomic E-state index is -0.592. The smallest absolute Gasteiger partial charge is 0.256 e. The molecule has 2 N–H and O–H groups in total. The Morgan fingerprint density at radius 1 is 0.944 bits per heavy atom. The highest BCUT2D eigenvalue weighted by Crippen LogP contribution is 2.18. The van der Waals surface area contributed by atoms with Gasteiger partial charge in [0, 0.05) is 38.1 Å². The van der Waals surface area contributed by atoms with Crippen molar-refractivity contribution < 1.29 is 18.7 Å². The molecule has 0 spiro atoms. The van der Waals surface area contributed by atoms with E-state index in [4.69, 9.17) is 4.74 Å². The van der Waals surface area contributed by atoms with Gasteiger partial charge < -0.3 is 19.9 Å². The number of hydrogen-bond donors (Lipinski definition) is 2. The Hall–Kier alpha value is -3.00. The van der Waals surface area contributed by atoms with E-state index in [9.17, 15) is 18.8 Å². The van der Waals surface area contributed by atoms with Crippen LogP contribution in [0.25, 0.3) is 0 Å². The van der Waals surface area contributed by atoms with Gasteiger partial charge >= 0.3 is 0 Å². The molecule has 2 amide bonds. The summed E-state index contributed by atoms with van der Waals surface area (Å²) in [5.74, 6) is -1.34. The van der Waals surface area contributed by atoms with E-state index in [2.05, 4.69) is 10.6 Å². The number of nitrogens with one attached hydrogen (secondary N) is 2. The predicted molar refractivity (Wildman–Crippen MR) is 136 cm³/mol. The summed E-state index contributed by atoms with van der Waals surface area (Å²) in [6.45, 7) is 1.31. The standard InChI is InChI=1S/C28H36FN3O4/c29-25-13-7-6-9-20(25)14-15-30-27(34)23-18-32(17-22-12-8-16-36-22)19-24(26(23)33)28(35)31-21-10-4-2-1-3-5-11-21/h6-7,9,13,18-19,21-22H,1-5,8,10-12,14-17H2,(H,30,34)(H,31,35)/t22-/m1/s1. The number of rotatable bonds is 8. The molecule has 0 bridgehead atoms. The van der Waals surface area contributed by atoms with Gasteiger partial charge in [0.05, 0.1) is 6.10 Å². The lowest BCUT2D eigenvalue weighted by Crippen LogP contribution is -2.40. The number of carbonyl (C=O) groups is 2. The molecule has 2 aliphatic rings. The second-order valence-corrected chi connectivity index (χ2v) is 9.86. The summed E-state index contributed by atoms with van der Waals surface area (Å²) >= 11 is 0. The SMILES string of the molecule is O=C(NCCc1ccccc1F)c1cn(C[C@H]2CCCO2)cc(C(=O)NC2CCCCCCC2)c1=O. The van der Waals surface area contributed by atoms with Crippen LogP contribution in [0.2, 0.25) is 0 Å². The molecule has 0 unspecified atom stereocenters. The van der Waals surface area contributed by atoms with Gasteiger partial charge in [0.1, 0.15) is 16.9 Å². The molecule has 2 aromatic rings. The predicted octanol–water partition coefficient (Wildman–Crippen LogP) is 3.98. The van der Waals surface area contributed by atoms with Crippen molar-refractivity contribution in [3.05, 3.63) is 69.4 Å². The van der Waals surface area contributed by atoms with E-state index >= 15 is 0 Å². The maximum Gasteiger partial charge on any atom is 0.256 e. The molecule has 0 radical (unpaired) electrons. The fraction of sp³-hybridized carbons (Fsp3) is 0.536. The molecule has 7 nitrogen and oxygen atoms in total. The van der Waals surface area contributed by atoms with Crippen molar-refractivity contribution in [2.45, 2.75) is 82.9 Å². The molecule has 1 aliphatic carbocycles. The number of benzene rings is 1. The second kappa shape index (κ2) is 12.8. The van der Waals surface area contributed by atoms with Crippen molar-refractivity contribution in [2.75, 3.05) is 13.2 Å². The minimum absolute atomic E-state index is 0.0222. The van der Waals surface area contributed by atoms with Gasteiger partial charge in [-0.2, -0.15) is 0 Å². The Morgan fingerprint density at radius 3 is 2.33 bits per heavy atom. The van der Waals surface area contributed by atoms with Gasteiger partial charge in [-0.05, 0) is 43.7 Å². The summed E-state index contributed by atoms with van der Waals surface area (Å²) in [5.41, 5.74) is -0.227. The fourth-order valence-corrected chi connectivity index (χ4v) is 5.05. The zero-order valence-corrected chi connectivity index (χ0v) is 20.8. The van der Waals surface area contributed by atoms with Crippen LogP contribution in [0.3, 0.4) is 0 Å². The van der Waals surface area contributed by atoms with E-state index < -0.39 is 17.2 Å². The summed E-state index contributed by atoms with van der Waals surface area (Å²) in [6.07, 6.45) is 12.6. The number of hydrogen-bond acceptors (Lipinski definition) is 4. The molecule has 1 aliphatic heterocycles. The van der Waals surface area contributed by atoms with Crippen molar-refractivity contribution >= 4 is 11.8 Å². The Balaban J connectivity index is 1.51. The Labute approximate surface area is 211 Å². The number of aromatic nitrogens is 1. The third kappa shape index (κ3) is 7.03. The van der Waals surface area contributed by atoms with Crippen molar-refractivity contribution in [3.63, 3.8) is 0 Å². The number of pyridine rings is 1. The summed E-state index contributed by atoms with van der Waals surface area (Å²) in [4.78, 5) is 39.5. The molecular formula is C28H36FN3O4. The number of ether oxygens (including phenoxy) is 1. The Bertz CT molecular complexity index is 1100. The maximum absolute atomic E-state index is 13.9. The van der Waals surface area contributed by atoms with E-state index in [1.807, 2.05) is 0 Å². The molecule has 2 fully saturated rings. The van der Waals surface area contributed by atoms with Crippen LogP contribution in [-0.4, -0.2) is 41.7 Å². The van der Waals surface area contributed by atoms with E-state index in [0.29, 0.717) is 25.1 Å². The Kier molecular flexibility index (Phi) is 9.28. The lowest BCUT2D eigenvalue weighted by molar-refractivity contribution is 0.0914. The third-order valence-electron chi connectivity index (χ3n) is 7.08. The summed E-state index contributed by atoms with van der Waals surface area (Å²) < 4.78 is 21.4. The van der Waals surface area contributed by atoms with Crippen LogP contribution in [0.4, 0.5) is 4.39 Å². The molecule has 4 rings (SSSR count). The number of nitrogens with zero attached hydrogens (tertiary/aromatic N) is 1. The first-order valence-electron chi connectivity index (χ1n) is 13.2. The van der Waals surface area contributed by atoms with Crippen LogP contribution in [-0.2, 0) is 17.7 Å². The molecule has 1 saturated heterocycles. The van der Waals surface area contributed by atoms with Crippen LogP contribution in [0.5, 0.6) is 0 Å². The van der Waals surface area contributed by atoms with E-state index in [-0.39, 0.29) is 35.6 Å². The van der Waals surface area contributed by atoms with Gasteiger partial charge in [0.2, 0.25) is 5.43 Å². The highest BCUT2D eigenvalue weighted by Gasteiger charge is 2.23. The first-order chi connectivity index (χ1) is 17.5. The van der Waals surface area contributed by atoms with Gasteiger partial charge in [-0.25, -0.2) is 4.39 Å². The molecule has 1 atom stereocenters. The average molecular weight is 498 g/mol. The quantitative estimate of drug-likeness (QED) is 0.577. The lowest BCUT2D eigenvalue weighted by Gasteiger charge is -2.21. The summed E-state index contributed by atoms with van der Waals surface area (Å²) in [5, 5.41) is 5.76. The molecular weight excluding hydrogens is 461 g/mol. The van der Waals surface area contributed by atoms with Crippen molar-refractivity contribution in [3.8, 4) is 0 Å². The van der Waals surface area contributed by atoms with Crippen molar-refractivity contribution in [1.82, 2.24) is 15.2 Å². The van der Waals surface area contributed by atoms with Crippen LogP contribution in [0, 0.1) is 5.82 Å². The fourth-order valence-electron chi connectivity index (χ4n) is 5.05. The molecule has 8 heteroatoms. The van der Waals surface area contributed by atoms with E-state index in [0.717, 1.165) is 51.4 Å². The first kappa shape index (κ1) is 26.1. The second-order valence-electron chi connectivity index (χ2n) is 9.86. The van der Waals surface area contributed by atoms with Gasteiger partial charge in [-0.15, -0.1) is 0 Å². The van der Waals surface area contributed by atoms with Crippen LogP contribution < -0.4 is 16.1 Å². The maximum atomic E-state index is 13.9. The molecule has 36 heavy (non-hydrogen) atoms. The summed E-state index contributed by atoms with van der Waals surface area (Å²) in [6, 6.07) is 6.42. The largest absolute Gasteiger partial charge is 0.376 e. The highest BCUT2D eigenvalue weighted by atomic mass is 19.1. The highest BCUT2D eigenvalue weighted by molar-refractivity contribution is 5.99. The molecule has 2 heterocycles. The first-order valence-corrected chi connectivity index (χ1v) is 13.2. The molecule has 1 saturated carbocycles. The monoisotopic (exact) mass is 497 g/mol. The normalized spacial score (nSPS) is 18.9. The lowest BCUT2D eigenvalue weighted by atomic mass is 9.96. The Morgan fingerprint density at radius 2 is 1.64 bits per heavy atom. The minimum Gasteiger partial charge on any atom is -0.376 e. The molecule has 1 aromatic carbocycles. The van der Waals surface area contributed by atoms with E-state index in [1.54, 1.807) is 29.0 Å². The van der Waals surface area contributed by atoms with Gasteiger partial charge in [-0.1, -0.05) is 50.3 Å². The third-order valence-corrected chi connectivity index (χ3v) is 7.08. The molecule has 1 aromatic heterocycles. The number of carbonyl (C=O) groups excluding carboxylic acids is 2. The number of amides is 2. The zero-order valence-electron chi connectivity index (χ0n) is 20.8. The molecule has 194 valence electrons. The van der Waals surface area contributed by atoms with Crippen molar-refractivity contribution in [2.24, 2.45) is 0 Å². The van der Waals surface area contributed by atoms with E-state index in [1.165, 1.54) is 18.7 Å². The van der Waals surface area contributed by atoms with Gasteiger partial charge in [0.25, 0.3) is 11.8 Å². The van der Waals surface area contributed by atoms with Crippen LogP contribution >= 0.6 is 0 Å². The summed E-state index contributed by atoms with van der Waals surface area (Å²) in [7, 11) is 0. The van der Waals surface area contributed by atoms with Gasteiger partial charge in [0.15, 0.2) is 0 Å². The van der Waals surface area contributed by atoms with Crippen LogP contribution in [0.1, 0.15) is 84.1 Å². The van der Waals surface area contributed by atoms with Gasteiger partial charge in [-0.3, -0.25) is 14.4 Å².